The highest BCUT2D eigenvalue weighted by Crippen LogP contribution is 2.49. The SMILES string of the molecule is Cc1ccccc1[C@@H]1C[C@H]1C(=O)N1CCC[C@H](C(=O)O)C1. The third-order valence-corrected chi connectivity index (χ3v) is 4.78. The molecule has 4 nitrogen and oxygen atoms in total. The van der Waals surface area contributed by atoms with E-state index in [-0.39, 0.29) is 11.8 Å². The van der Waals surface area contributed by atoms with Crippen molar-refractivity contribution < 1.29 is 14.7 Å². The minimum absolute atomic E-state index is 0.0543. The molecule has 1 amide bonds. The summed E-state index contributed by atoms with van der Waals surface area (Å²) in [5, 5.41) is 9.12. The highest BCUT2D eigenvalue weighted by molar-refractivity contribution is 5.84. The smallest absolute Gasteiger partial charge is 0.308 e. The number of carbonyl (C=O) groups excluding carboxylic acids is 1. The molecule has 3 atom stereocenters. The fourth-order valence-corrected chi connectivity index (χ4v) is 3.43. The first kappa shape index (κ1) is 14.1. The first-order valence-electron chi connectivity index (χ1n) is 7.65. The number of benzene rings is 1. The molecule has 1 saturated heterocycles. The van der Waals surface area contributed by atoms with Crippen LogP contribution in [0.2, 0.25) is 0 Å². The quantitative estimate of drug-likeness (QED) is 0.929. The Kier molecular flexibility index (Phi) is 3.70. The van der Waals surface area contributed by atoms with Gasteiger partial charge in [0, 0.05) is 19.0 Å². The molecule has 1 aromatic carbocycles. The van der Waals surface area contributed by atoms with Gasteiger partial charge in [-0.15, -0.1) is 0 Å². The van der Waals surface area contributed by atoms with E-state index in [1.807, 2.05) is 12.1 Å². The van der Waals surface area contributed by atoms with Crippen molar-refractivity contribution in [3.63, 3.8) is 0 Å². The molecular formula is C17H21NO3. The van der Waals surface area contributed by atoms with E-state index in [9.17, 15) is 9.59 Å². The minimum Gasteiger partial charge on any atom is -0.481 e. The van der Waals surface area contributed by atoms with Crippen LogP contribution in [0.15, 0.2) is 24.3 Å². The lowest BCUT2D eigenvalue weighted by Crippen LogP contribution is -2.43. The number of aryl methyl sites for hydroxylation is 1. The monoisotopic (exact) mass is 287 g/mol. The van der Waals surface area contributed by atoms with Gasteiger partial charge in [0.25, 0.3) is 0 Å². The first-order valence-corrected chi connectivity index (χ1v) is 7.65. The summed E-state index contributed by atoms with van der Waals surface area (Å²) in [6.45, 7) is 3.17. The Morgan fingerprint density at radius 3 is 2.76 bits per heavy atom. The van der Waals surface area contributed by atoms with Crippen LogP contribution in [-0.4, -0.2) is 35.0 Å². The summed E-state index contributed by atoms with van der Waals surface area (Å²) >= 11 is 0. The molecule has 112 valence electrons. The molecule has 1 N–H and O–H groups in total. The maximum absolute atomic E-state index is 12.6. The first-order chi connectivity index (χ1) is 10.1. The summed E-state index contributed by atoms with van der Waals surface area (Å²) in [7, 11) is 0. The van der Waals surface area contributed by atoms with Crippen LogP contribution in [0.1, 0.15) is 36.3 Å². The molecule has 0 aromatic heterocycles. The van der Waals surface area contributed by atoms with E-state index in [2.05, 4.69) is 19.1 Å². The molecule has 0 unspecified atom stereocenters. The number of hydrogen-bond donors (Lipinski definition) is 1. The fraction of sp³-hybridized carbons (Fsp3) is 0.529. The van der Waals surface area contributed by atoms with Gasteiger partial charge in [-0.3, -0.25) is 9.59 Å². The van der Waals surface area contributed by atoms with Gasteiger partial charge in [-0.2, -0.15) is 0 Å². The Bertz CT molecular complexity index is 569. The number of amides is 1. The van der Waals surface area contributed by atoms with Crippen LogP contribution in [0, 0.1) is 18.8 Å². The number of piperidine rings is 1. The Morgan fingerprint density at radius 1 is 1.29 bits per heavy atom. The normalized spacial score (nSPS) is 28.2. The Labute approximate surface area is 124 Å². The summed E-state index contributed by atoms with van der Waals surface area (Å²) in [6.07, 6.45) is 2.38. The van der Waals surface area contributed by atoms with E-state index in [1.54, 1.807) is 4.90 Å². The van der Waals surface area contributed by atoms with Crippen LogP contribution < -0.4 is 0 Å². The largest absolute Gasteiger partial charge is 0.481 e. The second-order valence-corrected chi connectivity index (χ2v) is 6.27. The van der Waals surface area contributed by atoms with Crippen molar-refractivity contribution in [1.82, 2.24) is 4.90 Å². The minimum atomic E-state index is -0.779. The van der Waals surface area contributed by atoms with Crippen LogP contribution in [-0.2, 0) is 9.59 Å². The molecule has 2 aliphatic rings. The number of nitrogens with zero attached hydrogens (tertiary/aromatic N) is 1. The zero-order valence-corrected chi connectivity index (χ0v) is 12.3. The lowest BCUT2D eigenvalue weighted by Gasteiger charge is -2.31. The molecule has 21 heavy (non-hydrogen) atoms. The van der Waals surface area contributed by atoms with E-state index >= 15 is 0 Å². The maximum atomic E-state index is 12.6. The third-order valence-electron chi connectivity index (χ3n) is 4.78. The molecule has 0 radical (unpaired) electrons. The third kappa shape index (κ3) is 2.80. The van der Waals surface area contributed by atoms with E-state index in [0.717, 1.165) is 12.8 Å². The highest BCUT2D eigenvalue weighted by Gasteiger charge is 2.47. The van der Waals surface area contributed by atoms with Gasteiger partial charge in [0.2, 0.25) is 5.91 Å². The van der Waals surface area contributed by atoms with Crippen LogP contribution in [0.4, 0.5) is 0 Å². The molecule has 4 heteroatoms. The number of hydrogen-bond acceptors (Lipinski definition) is 2. The molecule has 1 saturated carbocycles. The second-order valence-electron chi connectivity index (χ2n) is 6.27. The predicted octanol–water partition coefficient (Wildman–Crippen LogP) is 2.42. The Morgan fingerprint density at radius 2 is 2.05 bits per heavy atom. The Balaban J connectivity index is 1.65. The number of rotatable bonds is 3. The van der Waals surface area contributed by atoms with Crippen molar-refractivity contribution in [3.05, 3.63) is 35.4 Å². The Hall–Kier alpha value is -1.84. The maximum Gasteiger partial charge on any atom is 0.308 e. The fourth-order valence-electron chi connectivity index (χ4n) is 3.43. The van der Waals surface area contributed by atoms with E-state index in [4.69, 9.17) is 5.11 Å². The molecule has 0 bridgehead atoms. The van der Waals surface area contributed by atoms with Crippen LogP contribution in [0.5, 0.6) is 0 Å². The second kappa shape index (κ2) is 5.51. The molecule has 1 aromatic rings. The van der Waals surface area contributed by atoms with Crippen molar-refractivity contribution in [1.29, 1.82) is 0 Å². The van der Waals surface area contributed by atoms with Crippen molar-refractivity contribution >= 4 is 11.9 Å². The number of likely N-dealkylation sites (tertiary alicyclic amines) is 1. The van der Waals surface area contributed by atoms with Crippen LogP contribution >= 0.6 is 0 Å². The van der Waals surface area contributed by atoms with Crippen molar-refractivity contribution in [2.24, 2.45) is 11.8 Å². The van der Waals surface area contributed by atoms with Gasteiger partial charge in [0.1, 0.15) is 0 Å². The number of carboxylic acid groups (broad SMARTS) is 1. The lowest BCUT2D eigenvalue weighted by molar-refractivity contribution is -0.146. The number of carboxylic acids is 1. The lowest BCUT2D eigenvalue weighted by atomic mass is 9.97. The molecule has 1 aliphatic heterocycles. The summed E-state index contributed by atoms with van der Waals surface area (Å²) < 4.78 is 0. The molecule has 1 aliphatic carbocycles. The van der Waals surface area contributed by atoms with E-state index < -0.39 is 11.9 Å². The van der Waals surface area contributed by atoms with Gasteiger partial charge < -0.3 is 10.0 Å². The number of aliphatic carboxylic acids is 1. The summed E-state index contributed by atoms with van der Waals surface area (Å²) in [4.78, 5) is 25.4. The molecule has 2 fully saturated rings. The molecule has 3 rings (SSSR count). The summed E-state index contributed by atoms with van der Waals surface area (Å²) in [5.74, 6) is -0.645. The van der Waals surface area contributed by atoms with Crippen molar-refractivity contribution in [2.45, 2.75) is 32.1 Å². The zero-order valence-electron chi connectivity index (χ0n) is 12.3. The van der Waals surface area contributed by atoms with Gasteiger partial charge in [-0.25, -0.2) is 0 Å². The van der Waals surface area contributed by atoms with Gasteiger partial charge in [-0.1, -0.05) is 24.3 Å². The average Bonchev–Trinajstić information content (AvgIpc) is 3.27. The van der Waals surface area contributed by atoms with Crippen molar-refractivity contribution in [2.75, 3.05) is 13.1 Å². The van der Waals surface area contributed by atoms with Gasteiger partial charge in [0.05, 0.1) is 5.92 Å². The van der Waals surface area contributed by atoms with Crippen LogP contribution in [0.25, 0.3) is 0 Å². The van der Waals surface area contributed by atoms with E-state index in [0.29, 0.717) is 25.4 Å². The predicted molar refractivity (Wildman–Crippen MR) is 79.0 cm³/mol. The number of carbonyl (C=O) groups is 2. The van der Waals surface area contributed by atoms with Gasteiger partial charge in [0.15, 0.2) is 0 Å². The molecular weight excluding hydrogens is 266 g/mol. The van der Waals surface area contributed by atoms with Crippen LogP contribution in [0.3, 0.4) is 0 Å². The average molecular weight is 287 g/mol. The standard InChI is InChI=1S/C17H21NO3/c1-11-5-2-3-7-13(11)14-9-15(14)16(19)18-8-4-6-12(10-18)17(20)21/h2-3,5,7,12,14-15H,4,6,8-10H2,1H3,(H,20,21)/t12-,14-,15+/m0/s1. The highest BCUT2D eigenvalue weighted by atomic mass is 16.4. The molecule has 0 spiro atoms. The topological polar surface area (TPSA) is 57.6 Å². The molecule has 1 heterocycles. The van der Waals surface area contributed by atoms with Crippen molar-refractivity contribution in [3.8, 4) is 0 Å². The van der Waals surface area contributed by atoms with Gasteiger partial charge in [-0.05, 0) is 43.2 Å². The summed E-state index contributed by atoms with van der Waals surface area (Å²) in [5.41, 5.74) is 2.50. The summed E-state index contributed by atoms with van der Waals surface area (Å²) in [6, 6.07) is 8.21. The zero-order chi connectivity index (χ0) is 15.0. The van der Waals surface area contributed by atoms with E-state index in [1.165, 1.54) is 11.1 Å². The van der Waals surface area contributed by atoms with Gasteiger partial charge >= 0.3 is 5.97 Å².